The van der Waals surface area contributed by atoms with Gasteiger partial charge in [0.15, 0.2) is 0 Å². The number of nitrogens with one attached hydrogen (secondary N) is 1. The molecule has 130 valence electrons. The lowest BCUT2D eigenvalue weighted by Crippen LogP contribution is -2.23. The Kier molecular flexibility index (Phi) is 4.58. The van der Waals surface area contributed by atoms with Crippen LogP contribution in [0.2, 0.25) is 0 Å². The number of hydrogen-bond acceptors (Lipinski definition) is 4. The van der Waals surface area contributed by atoms with E-state index in [1.807, 2.05) is 0 Å². The molecule has 0 aliphatic carbocycles. The molecule has 25 heavy (non-hydrogen) atoms. The van der Waals surface area contributed by atoms with Gasteiger partial charge in [-0.3, -0.25) is 14.2 Å². The third-order valence-corrected chi connectivity index (χ3v) is 4.35. The summed E-state index contributed by atoms with van der Waals surface area (Å²) >= 11 is 1.36. The summed E-state index contributed by atoms with van der Waals surface area (Å²) < 4.78 is 38.8. The van der Waals surface area contributed by atoms with Crippen molar-refractivity contribution in [2.24, 2.45) is 0 Å². The molecule has 2 heterocycles. The van der Waals surface area contributed by atoms with Crippen molar-refractivity contribution in [2.75, 3.05) is 5.32 Å². The third-order valence-electron chi connectivity index (χ3n) is 3.53. The summed E-state index contributed by atoms with van der Waals surface area (Å²) in [5.41, 5.74) is -0.752. The van der Waals surface area contributed by atoms with Gasteiger partial charge in [0.25, 0.3) is 5.56 Å². The molecule has 2 aromatic heterocycles. The van der Waals surface area contributed by atoms with Crippen molar-refractivity contribution >= 4 is 33.1 Å². The molecule has 0 atom stereocenters. The first-order chi connectivity index (χ1) is 11.8. The number of aryl methyl sites for hydroxylation is 1. The first kappa shape index (κ1) is 17.2. The third kappa shape index (κ3) is 3.87. The van der Waals surface area contributed by atoms with Gasteiger partial charge in [-0.2, -0.15) is 13.2 Å². The van der Waals surface area contributed by atoms with Crippen LogP contribution in [0.25, 0.3) is 10.2 Å². The van der Waals surface area contributed by atoms with Crippen LogP contribution >= 0.6 is 11.3 Å². The van der Waals surface area contributed by atoms with E-state index >= 15 is 0 Å². The SMILES string of the molecule is O=C(CCn1cnc2sccc2c1=O)Nc1ccc(C(F)(F)F)cc1. The van der Waals surface area contributed by atoms with E-state index in [4.69, 9.17) is 0 Å². The Morgan fingerprint density at radius 1 is 1.20 bits per heavy atom. The molecule has 0 unspecified atom stereocenters. The quantitative estimate of drug-likeness (QED) is 0.768. The Morgan fingerprint density at radius 3 is 2.60 bits per heavy atom. The van der Waals surface area contributed by atoms with E-state index in [1.165, 1.54) is 34.4 Å². The largest absolute Gasteiger partial charge is 0.416 e. The molecule has 3 aromatic rings. The average molecular weight is 367 g/mol. The van der Waals surface area contributed by atoms with Crippen molar-refractivity contribution < 1.29 is 18.0 Å². The molecule has 1 aromatic carbocycles. The van der Waals surface area contributed by atoms with Crippen molar-refractivity contribution in [3.05, 3.63) is 58.0 Å². The Balaban J connectivity index is 1.62. The number of nitrogens with zero attached hydrogens (tertiary/aromatic N) is 2. The number of rotatable bonds is 4. The fraction of sp³-hybridized carbons (Fsp3) is 0.188. The van der Waals surface area contributed by atoms with E-state index in [2.05, 4.69) is 10.3 Å². The normalized spacial score (nSPS) is 11.6. The minimum absolute atomic E-state index is 0.00173. The second-order valence-electron chi connectivity index (χ2n) is 5.26. The lowest BCUT2D eigenvalue weighted by atomic mass is 10.2. The predicted molar refractivity (Wildman–Crippen MR) is 88.6 cm³/mol. The standard InChI is InChI=1S/C16H12F3N3O2S/c17-16(18,19)10-1-3-11(4-2-10)21-13(23)5-7-22-9-20-14-12(15(22)24)6-8-25-14/h1-4,6,8-9H,5,7H2,(H,21,23). The van der Waals surface area contributed by atoms with Crippen LogP contribution in [0.4, 0.5) is 18.9 Å². The summed E-state index contributed by atoms with van der Waals surface area (Å²) in [5, 5.41) is 4.76. The molecule has 0 radical (unpaired) electrons. The molecule has 0 fully saturated rings. The van der Waals surface area contributed by atoms with Crippen molar-refractivity contribution in [1.82, 2.24) is 9.55 Å². The highest BCUT2D eigenvalue weighted by atomic mass is 32.1. The Morgan fingerprint density at radius 2 is 1.92 bits per heavy atom. The maximum absolute atomic E-state index is 12.5. The highest BCUT2D eigenvalue weighted by Gasteiger charge is 2.29. The van der Waals surface area contributed by atoms with E-state index < -0.39 is 17.6 Å². The minimum Gasteiger partial charge on any atom is -0.326 e. The van der Waals surface area contributed by atoms with Gasteiger partial charge in [-0.25, -0.2) is 4.98 Å². The van der Waals surface area contributed by atoms with Crippen LogP contribution in [0.15, 0.2) is 46.8 Å². The number of aromatic nitrogens is 2. The monoisotopic (exact) mass is 367 g/mol. The average Bonchev–Trinajstić information content (AvgIpc) is 3.03. The number of hydrogen-bond donors (Lipinski definition) is 1. The summed E-state index contributed by atoms with van der Waals surface area (Å²) in [6.45, 7) is 0.129. The number of anilines is 1. The number of thiophene rings is 1. The molecule has 0 aliphatic rings. The molecule has 0 saturated carbocycles. The molecular formula is C16H12F3N3O2S. The zero-order valence-electron chi connectivity index (χ0n) is 12.7. The fourth-order valence-corrected chi connectivity index (χ4v) is 2.96. The van der Waals surface area contributed by atoms with Crippen molar-refractivity contribution in [3.8, 4) is 0 Å². The molecule has 0 spiro atoms. The van der Waals surface area contributed by atoms with Gasteiger partial charge in [0, 0.05) is 18.7 Å². The molecule has 1 amide bonds. The zero-order chi connectivity index (χ0) is 18.0. The highest BCUT2D eigenvalue weighted by molar-refractivity contribution is 7.16. The second-order valence-corrected chi connectivity index (χ2v) is 6.15. The molecule has 0 bridgehead atoms. The Bertz CT molecular complexity index is 961. The van der Waals surface area contributed by atoms with Gasteiger partial charge in [-0.15, -0.1) is 11.3 Å². The number of benzene rings is 1. The Hall–Kier alpha value is -2.68. The van der Waals surface area contributed by atoms with Crippen LogP contribution in [-0.2, 0) is 17.5 Å². The van der Waals surface area contributed by atoms with Gasteiger partial charge in [0.1, 0.15) is 4.83 Å². The zero-order valence-corrected chi connectivity index (χ0v) is 13.5. The first-order valence-electron chi connectivity index (χ1n) is 7.24. The molecular weight excluding hydrogens is 355 g/mol. The van der Waals surface area contributed by atoms with Gasteiger partial charge in [0.05, 0.1) is 17.3 Å². The maximum atomic E-state index is 12.5. The van der Waals surface area contributed by atoms with Crippen molar-refractivity contribution in [1.29, 1.82) is 0 Å². The minimum atomic E-state index is -4.42. The van der Waals surface area contributed by atoms with E-state index in [9.17, 15) is 22.8 Å². The van der Waals surface area contributed by atoms with Crippen LogP contribution in [0.1, 0.15) is 12.0 Å². The number of amides is 1. The van der Waals surface area contributed by atoms with Crippen LogP contribution in [0.3, 0.4) is 0 Å². The van der Waals surface area contributed by atoms with Crippen LogP contribution in [0.5, 0.6) is 0 Å². The molecule has 0 saturated heterocycles. The van der Waals surface area contributed by atoms with Crippen LogP contribution in [0, 0.1) is 0 Å². The maximum Gasteiger partial charge on any atom is 0.416 e. The number of halogens is 3. The smallest absolute Gasteiger partial charge is 0.326 e. The molecule has 0 aliphatic heterocycles. The number of carbonyl (C=O) groups excluding carboxylic acids is 1. The molecule has 3 rings (SSSR count). The number of carbonyl (C=O) groups is 1. The molecule has 5 nitrogen and oxygen atoms in total. The predicted octanol–water partition coefficient (Wildman–Crippen LogP) is 3.51. The lowest BCUT2D eigenvalue weighted by Gasteiger charge is -2.09. The van der Waals surface area contributed by atoms with Crippen molar-refractivity contribution in [2.45, 2.75) is 19.1 Å². The summed E-state index contributed by atoms with van der Waals surface area (Å²) in [5.74, 6) is -0.405. The van der Waals surface area contributed by atoms with Crippen LogP contribution in [-0.4, -0.2) is 15.5 Å². The van der Waals surface area contributed by atoms with Gasteiger partial charge >= 0.3 is 6.18 Å². The summed E-state index contributed by atoms with van der Waals surface area (Å²) in [4.78, 5) is 28.9. The topological polar surface area (TPSA) is 64.0 Å². The lowest BCUT2D eigenvalue weighted by molar-refractivity contribution is -0.137. The first-order valence-corrected chi connectivity index (χ1v) is 8.12. The van der Waals surface area contributed by atoms with Gasteiger partial charge in [0.2, 0.25) is 5.91 Å². The second kappa shape index (κ2) is 6.67. The Labute approximate surface area is 143 Å². The number of alkyl halides is 3. The van der Waals surface area contributed by atoms with E-state index in [0.717, 1.165) is 12.1 Å². The molecule has 9 heteroatoms. The van der Waals surface area contributed by atoms with E-state index in [-0.39, 0.29) is 24.2 Å². The summed E-state index contributed by atoms with van der Waals surface area (Å²) in [6.07, 6.45) is -3.04. The van der Waals surface area contributed by atoms with E-state index in [0.29, 0.717) is 10.2 Å². The summed E-state index contributed by atoms with van der Waals surface area (Å²) in [6, 6.07) is 5.84. The van der Waals surface area contributed by atoms with E-state index in [1.54, 1.807) is 11.4 Å². The van der Waals surface area contributed by atoms with Gasteiger partial charge < -0.3 is 5.32 Å². The van der Waals surface area contributed by atoms with Gasteiger partial charge in [-0.05, 0) is 35.7 Å². The summed E-state index contributed by atoms with van der Waals surface area (Å²) in [7, 11) is 0. The highest BCUT2D eigenvalue weighted by Crippen LogP contribution is 2.29. The number of fused-ring (bicyclic) bond motifs is 1. The van der Waals surface area contributed by atoms with Crippen LogP contribution < -0.4 is 10.9 Å². The molecule has 1 N–H and O–H groups in total. The van der Waals surface area contributed by atoms with Gasteiger partial charge in [-0.1, -0.05) is 0 Å². The fourth-order valence-electron chi connectivity index (χ4n) is 2.24. The van der Waals surface area contributed by atoms with Crippen molar-refractivity contribution in [3.63, 3.8) is 0 Å².